The third-order valence-corrected chi connectivity index (χ3v) is 3.36. The summed E-state index contributed by atoms with van der Waals surface area (Å²) in [7, 11) is 0. The Kier molecular flexibility index (Phi) is 4.20. The lowest BCUT2D eigenvalue weighted by Gasteiger charge is -2.18. The fourth-order valence-corrected chi connectivity index (χ4v) is 1.95. The molecule has 2 rings (SSSR count). The highest BCUT2D eigenvalue weighted by Crippen LogP contribution is 2.19. The summed E-state index contributed by atoms with van der Waals surface area (Å²) < 4.78 is 0. The second-order valence-electron chi connectivity index (χ2n) is 4.80. The van der Waals surface area contributed by atoms with Crippen molar-refractivity contribution in [2.75, 3.05) is 13.1 Å². The number of hydrogen-bond donors (Lipinski definition) is 1. The van der Waals surface area contributed by atoms with E-state index in [0.29, 0.717) is 30.3 Å². The van der Waals surface area contributed by atoms with Gasteiger partial charge >= 0.3 is 0 Å². The normalized spacial score (nSPS) is 14.0. The molecule has 0 atom stereocenters. The topological polar surface area (TPSA) is 49.4 Å². The van der Waals surface area contributed by atoms with E-state index in [2.05, 4.69) is 5.32 Å². The van der Waals surface area contributed by atoms with Crippen LogP contribution in [-0.2, 0) is 0 Å². The molecule has 1 aliphatic carbocycles. The van der Waals surface area contributed by atoms with Crippen molar-refractivity contribution in [1.29, 1.82) is 0 Å². The van der Waals surface area contributed by atoms with Gasteiger partial charge in [-0.2, -0.15) is 0 Å². The molecule has 1 fully saturated rings. The fourth-order valence-electron chi connectivity index (χ4n) is 1.95. The number of amides is 2. The molecule has 4 heteroatoms. The van der Waals surface area contributed by atoms with E-state index in [1.54, 1.807) is 29.2 Å². The summed E-state index contributed by atoms with van der Waals surface area (Å²) in [6, 6.07) is 7.23. The first-order chi connectivity index (χ1) is 9.15. The van der Waals surface area contributed by atoms with Crippen LogP contribution >= 0.6 is 0 Å². The van der Waals surface area contributed by atoms with Gasteiger partial charge < -0.3 is 10.2 Å². The summed E-state index contributed by atoms with van der Waals surface area (Å²) in [4.78, 5) is 25.7. The lowest BCUT2D eigenvalue weighted by molar-refractivity contribution is 0.0772. The van der Waals surface area contributed by atoms with Gasteiger partial charge in [-0.15, -0.1) is 0 Å². The number of benzene rings is 1. The molecule has 1 aromatic rings. The summed E-state index contributed by atoms with van der Waals surface area (Å²) in [6.45, 7) is 5.30. The number of carbonyl (C=O) groups excluding carboxylic acids is 2. The Morgan fingerprint density at radius 2 is 1.63 bits per heavy atom. The molecule has 0 aromatic heterocycles. The van der Waals surface area contributed by atoms with E-state index in [1.165, 1.54) is 0 Å². The molecule has 0 aliphatic heterocycles. The maximum atomic E-state index is 12.1. The van der Waals surface area contributed by atoms with Crippen LogP contribution in [0.4, 0.5) is 0 Å². The fraction of sp³-hybridized carbons (Fsp3) is 0.467. The minimum absolute atomic E-state index is 0.0131. The summed E-state index contributed by atoms with van der Waals surface area (Å²) in [5.41, 5.74) is 1.25. The number of carbonyl (C=O) groups is 2. The molecular formula is C15H20N2O2. The zero-order valence-corrected chi connectivity index (χ0v) is 11.5. The Hall–Kier alpha value is -1.84. The summed E-state index contributed by atoms with van der Waals surface area (Å²) in [5.74, 6) is -0.0384. The molecular weight excluding hydrogens is 240 g/mol. The van der Waals surface area contributed by atoms with Gasteiger partial charge in [0.15, 0.2) is 0 Å². The zero-order chi connectivity index (χ0) is 13.8. The van der Waals surface area contributed by atoms with Crippen molar-refractivity contribution in [1.82, 2.24) is 10.2 Å². The second-order valence-corrected chi connectivity index (χ2v) is 4.80. The molecule has 0 saturated heterocycles. The van der Waals surface area contributed by atoms with Crippen molar-refractivity contribution >= 4 is 11.8 Å². The minimum atomic E-state index is -0.0515. The standard InChI is InChI=1S/C15H20N2O2/c1-3-17(4-2)15(19)12-7-5-11(6-8-12)14(18)16-13-9-10-13/h5-8,13H,3-4,9-10H2,1-2H3,(H,16,18). The van der Waals surface area contributed by atoms with E-state index in [1.807, 2.05) is 13.8 Å². The van der Waals surface area contributed by atoms with Crippen LogP contribution in [0.2, 0.25) is 0 Å². The van der Waals surface area contributed by atoms with Crippen molar-refractivity contribution in [3.8, 4) is 0 Å². The van der Waals surface area contributed by atoms with Crippen LogP contribution in [0.1, 0.15) is 47.4 Å². The van der Waals surface area contributed by atoms with Crippen LogP contribution in [0.25, 0.3) is 0 Å². The van der Waals surface area contributed by atoms with Gasteiger partial charge in [0.25, 0.3) is 11.8 Å². The van der Waals surface area contributed by atoms with E-state index in [-0.39, 0.29) is 11.8 Å². The van der Waals surface area contributed by atoms with E-state index < -0.39 is 0 Å². The highest BCUT2D eigenvalue weighted by atomic mass is 16.2. The molecule has 1 aromatic carbocycles. The van der Waals surface area contributed by atoms with Gasteiger partial charge in [-0.3, -0.25) is 9.59 Å². The number of hydrogen-bond acceptors (Lipinski definition) is 2. The Morgan fingerprint density at radius 1 is 1.11 bits per heavy atom. The molecule has 2 amide bonds. The zero-order valence-electron chi connectivity index (χ0n) is 11.5. The SMILES string of the molecule is CCN(CC)C(=O)c1ccc(C(=O)NC2CC2)cc1. The molecule has 102 valence electrons. The lowest BCUT2D eigenvalue weighted by atomic mass is 10.1. The molecule has 0 radical (unpaired) electrons. The monoisotopic (exact) mass is 260 g/mol. The summed E-state index contributed by atoms with van der Waals surface area (Å²) in [5, 5.41) is 2.93. The molecule has 0 spiro atoms. The summed E-state index contributed by atoms with van der Waals surface area (Å²) >= 11 is 0. The first-order valence-electron chi connectivity index (χ1n) is 6.86. The first-order valence-corrected chi connectivity index (χ1v) is 6.86. The highest BCUT2D eigenvalue weighted by molar-refractivity contribution is 5.98. The number of nitrogens with zero attached hydrogens (tertiary/aromatic N) is 1. The first kappa shape index (κ1) is 13.6. The summed E-state index contributed by atoms with van der Waals surface area (Å²) in [6.07, 6.45) is 2.15. The maximum Gasteiger partial charge on any atom is 0.253 e. The van der Waals surface area contributed by atoms with Crippen molar-refractivity contribution in [2.45, 2.75) is 32.7 Å². The van der Waals surface area contributed by atoms with Crippen LogP contribution in [0.3, 0.4) is 0 Å². The van der Waals surface area contributed by atoms with Gasteiger partial charge in [0, 0.05) is 30.3 Å². The van der Waals surface area contributed by atoms with Crippen molar-refractivity contribution in [2.24, 2.45) is 0 Å². The van der Waals surface area contributed by atoms with E-state index in [0.717, 1.165) is 12.8 Å². The smallest absolute Gasteiger partial charge is 0.253 e. The Balaban J connectivity index is 2.04. The molecule has 0 heterocycles. The maximum absolute atomic E-state index is 12.1. The number of rotatable bonds is 5. The largest absolute Gasteiger partial charge is 0.349 e. The Morgan fingerprint density at radius 3 is 2.11 bits per heavy atom. The van der Waals surface area contributed by atoms with Gasteiger partial charge in [0.2, 0.25) is 0 Å². The van der Waals surface area contributed by atoms with Gasteiger partial charge in [0.1, 0.15) is 0 Å². The predicted molar refractivity (Wildman–Crippen MR) is 74.2 cm³/mol. The third-order valence-electron chi connectivity index (χ3n) is 3.36. The van der Waals surface area contributed by atoms with Crippen LogP contribution in [0.5, 0.6) is 0 Å². The van der Waals surface area contributed by atoms with E-state index >= 15 is 0 Å². The average Bonchev–Trinajstić information content (AvgIpc) is 3.24. The van der Waals surface area contributed by atoms with Crippen LogP contribution in [0.15, 0.2) is 24.3 Å². The van der Waals surface area contributed by atoms with Crippen LogP contribution in [0, 0.1) is 0 Å². The molecule has 19 heavy (non-hydrogen) atoms. The lowest BCUT2D eigenvalue weighted by Crippen LogP contribution is -2.30. The molecule has 1 aliphatic rings. The Bertz CT molecular complexity index is 460. The second kappa shape index (κ2) is 5.87. The molecule has 4 nitrogen and oxygen atoms in total. The quantitative estimate of drug-likeness (QED) is 0.881. The predicted octanol–water partition coefficient (Wildman–Crippen LogP) is 2.06. The van der Waals surface area contributed by atoms with Gasteiger partial charge in [0.05, 0.1) is 0 Å². The third kappa shape index (κ3) is 3.34. The number of nitrogens with one attached hydrogen (secondary N) is 1. The molecule has 1 N–H and O–H groups in total. The van der Waals surface area contributed by atoms with Crippen LogP contribution in [-0.4, -0.2) is 35.8 Å². The Labute approximate surface area is 113 Å². The van der Waals surface area contributed by atoms with Gasteiger partial charge in [-0.1, -0.05) is 0 Å². The van der Waals surface area contributed by atoms with Crippen molar-refractivity contribution < 1.29 is 9.59 Å². The van der Waals surface area contributed by atoms with Crippen molar-refractivity contribution in [3.63, 3.8) is 0 Å². The van der Waals surface area contributed by atoms with E-state index in [4.69, 9.17) is 0 Å². The van der Waals surface area contributed by atoms with Crippen LogP contribution < -0.4 is 5.32 Å². The molecule has 1 saturated carbocycles. The minimum Gasteiger partial charge on any atom is -0.349 e. The average molecular weight is 260 g/mol. The van der Waals surface area contributed by atoms with E-state index in [9.17, 15) is 9.59 Å². The van der Waals surface area contributed by atoms with Gasteiger partial charge in [-0.25, -0.2) is 0 Å². The van der Waals surface area contributed by atoms with Gasteiger partial charge in [-0.05, 0) is 51.0 Å². The molecule has 0 bridgehead atoms. The molecule has 0 unspecified atom stereocenters. The highest BCUT2D eigenvalue weighted by Gasteiger charge is 2.23. The van der Waals surface area contributed by atoms with Crippen molar-refractivity contribution in [3.05, 3.63) is 35.4 Å².